The number of hydrogen-bond acceptors (Lipinski definition) is 10. The molecule has 5 aromatic rings. The van der Waals surface area contributed by atoms with Gasteiger partial charge in [0.15, 0.2) is 11.6 Å². The van der Waals surface area contributed by atoms with E-state index in [0.717, 1.165) is 5.69 Å². The highest BCUT2D eigenvalue weighted by Gasteiger charge is 2.24. The van der Waals surface area contributed by atoms with E-state index in [0.29, 0.717) is 58.6 Å². The number of ether oxygens (including phenoxy) is 3. The summed E-state index contributed by atoms with van der Waals surface area (Å²) in [5, 5.41) is 26.2. The minimum atomic E-state index is -3.02. The molecule has 0 saturated carbocycles. The van der Waals surface area contributed by atoms with Gasteiger partial charge >= 0.3 is 6.61 Å². The van der Waals surface area contributed by atoms with Gasteiger partial charge in [-0.05, 0) is 51.1 Å². The van der Waals surface area contributed by atoms with Gasteiger partial charge in [0.2, 0.25) is 5.88 Å². The van der Waals surface area contributed by atoms with E-state index in [4.69, 9.17) is 14.5 Å². The monoisotopic (exact) mass is 564 g/mol. The molecular weight excluding hydrogens is 538 g/mol. The molecule has 14 heteroatoms. The molecule has 1 aliphatic heterocycles. The Labute approximate surface area is 232 Å². The number of imidazole rings is 1. The van der Waals surface area contributed by atoms with Gasteiger partial charge in [-0.1, -0.05) is 0 Å². The van der Waals surface area contributed by atoms with Gasteiger partial charge in [-0.25, -0.2) is 14.6 Å². The Morgan fingerprint density at radius 3 is 2.61 bits per heavy atom. The van der Waals surface area contributed by atoms with Gasteiger partial charge in [0, 0.05) is 23.4 Å². The van der Waals surface area contributed by atoms with Crippen molar-refractivity contribution in [2.75, 3.05) is 18.5 Å². The smallest absolute Gasteiger partial charge is 0.388 e. The van der Waals surface area contributed by atoms with Crippen LogP contribution in [0.4, 0.5) is 20.3 Å². The summed E-state index contributed by atoms with van der Waals surface area (Å²) < 4.78 is 44.6. The summed E-state index contributed by atoms with van der Waals surface area (Å²) in [6.07, 6.45) is 0.634. The number of nitrogens with one attached hydrogen (secondary N) is 1. The molecule has 1 atom stereocenters. The van der Waals surface area contributed by atoms with Crippen LogP contribution in [0.1, 0.15) is 30.0 Å². The average Bonchev–Trinajstić information content (AvgIpc) is 3.49. The molecule has 41 heavy (non-hydrogen) atoms. The molecule has 0 spiro atoms. The Balaban J connectivity index is 1.44. The van der Waals surface area contributed by atoms with E-state index < -0.39 is 12.7 Å². The van der Waals surface area contributed by atoms with Crippen LogP contribution in [0, 0.1) is 13.8 Å². The fourth-order valence-electron chi connectivity index (χ4n) is 4.37. The van der Waals surface area contributed by atoms with Gasteiger partial charge in [0.25, 0.3) is 0 Å². The van der Waals surface area contributed by atoms with Crippen molar-refractivity contribution in [1.82, 2.24) is 34.5 Å². The lowest BCUT2D eigenvalue weighted by atomic mass is 10.1. The van der Waals surface area contributed by atoms with E-state index in [-0.39, 0.29) is 17.8 Å². The third kappa shape index (κ3) is 5.38. The number of nitrogens with zero attached hydrogens (tertiary/aromatic N) is 7. The van der Waals surface area contributed by atoms with Crippen molar-refractivity contribution in [2.45, 2.75) is 39.6 Å². The SMILES string of the molecule is Cc1ccc(Nc2cc3c(cc2OC2COC2)ncn3-c2ccc(C(C)O)c(-n3nc(OC(F)F)cc3C)n2)nn1. The molecule has 1 fully saturated rings. The second kappa shape index (κ2) is 10.7. The highest BCUT2D eigenvalue weighted by molar-refractivity contribution is 5.86. The number of pyridine rings is 1. The fraction of sp³-hybridized carbons (Fsp3) is 0.296. The quantitative estimate of drug-likeness (QED) is 0.268. The van der Waals surface area contributed by atoms with E-state index in [1.54, 1.807) is 36.9 Å². The van der Waals surface area contributed by atoms with Gasteiger partial charge in [0.05, 0.1) is 41.7 Å². The van der Waals surface area contributed by atoms with Crippen molar-refractivity contribution >= 4 is 22.5 Å². The molecule has 4 aromatic heterocycles. The first-order valence-corrected chi connectivity index (χ1v) is 12.8. The predicted octanol–water partition coefficient (Wildman–Crippen LogP) is 4.19. The molecule has 0 bridgehead atoms. The van der Waals surface area contributed by atoms with Crippen LogP contribution in [0.2, 0.25) is 0 Å². The van der Waals surface area contributed by atoms with E-state index in [1.807, 2.05) is 31.2 Å². The summed E-state index contributed by atoms with van der Waals surface area (Å²) in [6, 6.07) is 12.2. The number of hydrogen-bond donors (Lipinski definition) is 2. The molecule has 6 rings (SSSR count). The predicted molar refractivity (Wildman–Crippen MR) is 143 cm³/mol. The van der Waals surface area contributed by atoms with Gasteiger partial charge in [-0.2, -0.15) is 13.9 Å². The van der Waals surface area contributed by atoms with Crippen molar-refractivity contribution < 1.29 is 28.1 Å². The zero-order valence-electron chi connectivity index (χ0n) is 22.3. The van der Waals surface area contributed by atoms with Crippen LogP contribution in [-0.2, 0) is 4.74 Å². The average molecular weight is 565 g/mol. The number of fused-ring (bicyclic) bond motifs is 1. The Bertz CT molecular complexity index is 1700. The van der Waals surface area contributed by atoms with E-state index >= 15 is 0 Å². The molecule has 212 valence electrons. The van der Waals surface area contributed by atoms with Crippen molar-refractivity contribution in [3.63, 3.8) is 0 Å². The van der Waals surface area contributed by atoms with E-state index in [9.17, 15) is 13.9 Å². The molecule has 12 nitrogen and oxygen atoms in total. The number of anilines is 2. The maximum absolute atomic E-state index is 12.8. The lowest BCUT2D eigenvalue weighted by Crippen LogP contribution is -2.38. The Hall–Kier alpha value is -4.69. The maximum atomic E-state index is 12.8. The summed E-state index contributed by atoms with van der Waals surface area (Å²) >= 11 is 0. The van der Waals surface area contributed by atoms with E-state index in [1.165, 1.54) is 10.7 Å². The first kappa shape index (κ1) is 26.5. The normalized spacial score (nSPS) is 14.3. The van der Waals surface area contributed by atoms with Crippen molar-refractivity contribution in [2.24, 2.45) is 0 Å². The molecule has 1 unspecified atom stereocenters. The Kier molecular flexibility index (Phi) is 6.93. The topological polar surface area (TPSA) is 134 Å². The molecule has 1 saturated heterocycles. The second-order valence-corrected chi connectivity index (χ2v) is 9.59. The number of aryl methyl sites for hydroxylation is 2. The van der Waals surface area contributed by atoms with Crippen molar-refractivity contribution in [3.05, 3.63) is 65.7 Å². The summed E-state index contributed by atoms with van der Waals surface area (Å²) in [4.78, 5) is 9.32. The molecule has 5 heterocycles. The standard InChI is InChI=1S/C27H26F2N8O4/c1-14-4-6-23(34-33-14)31-20-9-21-19(10-22(20)40-17-11-39-12-17)30-13-36(21)24-7-5-18(16(3)38)26(32-24)37-15(2)8-25(35-37)41-27(28)29/h4-10,13,16-17,27,38H,11-12H2,1-3H3,(H,31,34). The van der Waals surface area contributed by atoms with Crippen LogP contribution in [-0.4, -0.2) is 65.5 Å². The Morgan fingerprint density at radius 1 is 1.10 bits per heavy atom. The van der Waals surface area contributed by atoms with E-state index in [2.05, 4.69) is 30.3 Å². The number of halogens is 2. The number of aliphatic hydroxyl groups excluding tert-OH is 1. The van der Waals surface area contributed by atoms with Gasteiger partial charge in [0.1, 0.15) is 24.0 Å². The minimum absolute atomic E-state index is 0.0762. The first-order valence-electron chi connectivity index (χ1n) is 12.8. The molecule has 2 N–H and O–H groups in total. The molecule has 1 aromatic carbocycles. The lowest BCUT2D eigenvalue weighted by Gasteiger charge is -2.27. The van der Waals surface area contributed by atoms with Crippen LogP contribution in [0.5, 0.6) is 11.6 Å². The molecule has 0 aliphatic carbocycles. The summed E-state index contributed by atoms with van der Waals surface area (Å²) in [7, 11) is 0. The minimum Gasteiger partial charge on any atom is -0.483 e. The fourth-order valence-corrected chi connectivity index (χ4v) is 4.37. The summed E-state index contributed by atoms with van der Waals surface area (Å²) in [6.45, 7) is 3.09. The van der Waals surface area contributed by atoms with Crippen LogP contribution in [0.25, 0.3) is 22.7 Å². The van der Waals surface area contributed by atoms with Gasteiger partial charge < -0.3 is 24.6 Å². The maximum Gasteiger partial charge on any atom is 0.388 e. The number of benzene rings is 1. The summed E-state index contributed by atoms with van der Waals surface area (Å²) in [5.41, 5.74) is 3.72. The number of rotatable bonds is 9. The van der Waals surface area contributed by atoms with Crippen molar-refractivity contribution in [1.29, 1.82) is 0 Å². The van der Waals surface area contributed by atoms with Crippen molar-refractivity contribution in [3.8, 4) is 23.3 Å². The third-order valence-electron chi connectivity index (χ3n) is 6.47. The highest BCUT2D eigenvalue weighted by Crippen LogP contribution is 2.35. The molecule has 1 aliphatic rings. The van der Waals surface area contributed by atoms with Crippen LogP contribution < -0.4 is 14.8 Å². The highest BCUT2D eigenvalue weighted by atomic mass is 19.3. The largest absolute Gasteiger partial charge is 0.483 e. The lowest BCUT2D eigenvalue weighted by molar-refractivity contribution is -0.0793. The number of aliphatic hydroxyl groups is 1. The van der Waals surface area contributed by atoms with Gasteiger partial charge in [-0.3, -0.25) is 4.57 Å². The van der Waals surface area contributed by atoms with Crippen LogP contribution in [0.3, 0.4) is 0 Å². The number of aromatic nitrogens is 7. The number of alkyl halides is 2. The zero-order valence-corrected chi connectivity index (χ0v) is 22.3. The Morgan fingerprint density at radius 2 is 1.93 bits per heavy atom. The van der Waals surface area contributed by atoms with Crippen LogP contribution in [0.15, 0.2) is 48.8 Å². The summed E-state index contributed by atoms with van der Waals surface area (Å²) in [5.74, 6) is 1.58. The molecular formula is C27H26F2N8O4. The molecule has 0 amide bonds. The second-order valence-electron chi connectivity index (χ2n) is 9.59. The van der Waals surface area contributed by atoms with Gasteiger partial charge in [-0.15, -0.1) is 10.2 Å². The zero-order chi connectivity index (χ0) is 28.7. The molecule has 0 radical (unpaired) electrons. The van der Waals surface area contributed by atoms with Crippen LogP contribution >= 0.6 is 0 Å². The third-order valence-corrected chi connectivity index (χ3v) is 6.47. The first-order chi connectivity index (χ1) is 19.7.